The summed E-state index contributed by atoms with van der Waals surface area (Å²) < 4.78 is 48.1. The third-order valence-electron chi connectivity index (χ3n) is 13.6. The number of nitrogens with one attached hydrogen (secondary N) is 4. The van der Waals surface area contributed by atoms with Crippen molar-refractivity contribution in [1.82, 2.24) is 40.4 Å². The molecule has 4 atom stereocenters. The second-order valence-electron chi connectivity index (χ2n) is 17.8. The summed E-state index contributed by atoms with van der Waals surface area (Å²) in [5.41, 5.74) is 4.87. The van der Waals surface area contributed by atoms with Gasteiger partial charge in [-0.15, -0.1) is 0 Å². The molecular weight excluding hydrogens is 851 g/mol. The maximum absolute atomic E-state index is 16.5. The van der Waals surface area contributed by atoms with Crippen molar-refractivity contribution in [1.29, 1.82) is 0 Å². The fourth-order valence-corrected chi connectivity index (χ4v) is 10.0. The number of ether oxygens (including phenoxy) is 3. The van der Waals surface area contributed by atoms with Crippen LogP contribution in [0.5, 0.6) is 0 Å². The van der Waals surface area contributed by atoms with Crippen LogP contribution in [0.25, 0.3) is 44.8 Å². The average Bonchev–Trinajstić information content (AvgIpc) is 4.20. The zero-order valence-electron chi connectivity index (χ0n) is 37.4. The van der Waals surface area contributed by atoms with Gasteiger partial charge in [0, 0.05) is 43.0 Å². The Bertz CT molecular complexity index is 2620. The van der Waals surface area contributed by atoms with Crippen molar-refractivity contribution in [3.05, 3.63) is 95.8 Å². The molecule has 66 heavy (non-hydrogen) atoms. The fourth-order valence-electron chi connectivity index (χ4n) is 10.0. The average molecular weight is 905 g/mol. The second-order valence-corrected chi connectivity index (χ2v) is 17.8. The smallest absolute Gasteiger partial charge is 0.407 e. The first-order valence-electron chi connectivity index (χ1n) is 22.6. The highest BCUT2D eigenvalue weighted by molar-refractivity contribution is 5.88. The first kappa shape index (κ1) is 44.6. The van der Waals surface area contributed by atoms with Crippen molar-refractivity contribution in [2.45, 2.75) is 82.5 Å². The lowest BCUT2D eigenvalue weighted by Gasteiger charge is -2.34. The van der Waals surface area contributed by atoms with Gasteiger partial charge < -0.3 is 44.6 Å². The summed E-state index contributed by atoms with van der Waals surface area (Å²) >= 11 is 0. The van der Waals surface area contributed by atoms with E-state index in [-0.39, 0.29) is 46.9 Å². The molecule has 9 rings (SSSR count). The molecule has 3 aliphatic heterocycles. The Morgan fingerprint density at radius 1 is 0.697 bits per heavy atom. The van der Waals surface area contributed by atoms with E-state index in [1.54, 1.807) is 46.5 Å². The molecule has 3 aromatic carbocycles. The number of fused-ring (bicyclic) bond motifs is 3. The number of likely N-dealkylation sites (tertiary alicyclic amines) is 2. The minimum atomic E-state index is -3.27. The Labute approximate surface area is 381 Å². The van der Waals surface area contributed by atoms with E-state index in [0.717, 1.165) is 36.1 Å². The molecule has 17 heteroatoms. The lowest BCUT2D eigenvalue weighted by Crippen LogP contribution is -2.53. The fraction of sp³-hybridized carbons (Fsp3) is 0.429. The highest BCUT2D eigenvalue weighted by atomic mass is 19.3. The number of carbonyl (C=O) groups excluding carboxylic acids is 4. The van der Waals surface area contributed by atoms with Crippen molar-refractivity contribution in [2.24, 2.45) is 11.8 Å². The number of aromatic amines is 2. The summed E-state index contributed by atoms with van der Waals surface area (Å²) in [5.74, 6) is -2.72. The van der Waals surface area contributed by atoms with Gasteiger partial charge in [-0.1, -0.05) is 62.4 Å². The molecule has 1 unspecified atom stereocenters. The number of rotatable bonds is 11. The summed E-state index contributed by atoms with van der Waals surface area (Å²) in [7, 11) is 2.54. The number of benzene rings is 3. The molecule has 15 nitrogen and oxygen atoms in total. The van der Waals surface area contributed by atoms with Gasteiger partial charge in [0.1, 0.15) is 23.7 Å². The molecule has 0 saturated carbocycles. The highest BCUT2D eigenvalue weighted by Gasteiger charge is 2.45. The molecule has 4 aliphatic rings. The molecule has 5 heterocycles. The van der Waals surface area contributed by atoms with E-state index < -0.39 is 30.2 Å². The van der Waals surface area contributed by atoms with Crippen LogP contribution in [0.15, 0.2) is 73.1 Å². The lowest BCUT2D eigenvalue weighted by atomic mass is 9.90. The highest BCUT2D eigenvalue weighted by Crippen LogP contribution is 2.53. The molecule has 1 aliphatic carbocycles. The number of nitrogens with zero attached hydrogens (tertiary/aromatic N) is 4. The van der Waals surface area contributed by atoms with Gasteiger partial charge in [-0.3, -0.25) is 9.59 Å². The number of halogens is 2. The monoisotopic (exact) mass is 904 g/mol. The van der Waals surface area contributed by atoms with E-state index in [0.29, 0.717) is 85.2 Å². The zero-order chi connectivity index (χ0) is 46.3. The Kier molecular flexibility index (Phi) is 12.4. The number of alkyl halides is 2. The second kappa shape index (κ2) is 18.3. The summed E-state index contributed by atoms with van der Waals surface area (Å²) in [5, 5.41) is 5.44. The summed E-state index contributed by atoms with van der Waals surface area (Å²) in [6, 6.07) is 15.7. The maximum atomic E-state index is 16.5. The van der Waals surface area contributed by atoms with Crippen LogP contribution < -0.4 is 10.6 Å². The summed E-state index contributed by atoms with van der Waals surface area (Å²) in [4.78, 5) is 71.5. The minimum Gasteiger partial charge on any atom is -0.453 e. The van der Waals surface area contributed by atoms with E-state index in [2.05, 4.69) is 30.6 Å². The van der Waals surface area contributed by atoms with Crippen LogP contribution in [0, 0.1) is 11.8 Å². The predicted octanol–water partition coefficient (Wildman–Crippen LogP) is 8.11. The van der Waals surface area contributed by atoms with Crippen molar-refractivity contribution >= 4 is 24.0 Å². The molecule has 346 valence electrons. The molecule has 3 fully saturated rings. The first-order chi connectivity index (χ1) is 31.9. The Morgan fingerprint density at radius 3 is 1.77 bits per heavy atom. The van der Waals surface area contributed by atoms with E-state index in [4.69, 9.17) is 14.2 Å². The SMILES string of the molecule is COC(=O)NC(C(=O)N1CCC[C@H]1c1ncc(-c2ccc3c(c2)C(F)(F)c2cc(-c4ccc(-c5cnc([C@@H]6CCCN6C(=O)[C@@H](NC(=O)OC)C6CCOCC6)[nH]5)cc4)ccc2-3)[nH]1)C(C)C. The van der Waals surface area contributed by atoms with Gasteiger partial charge in [-0.05, 0) is 90.3 Å². The van der Waals surface area contributed by atoms with Gasteiger partial charge in [0.15, 0.2) is 0 Å². The van der Waals surface area contributed by atoms with Gasteiger partial charge in [-0.25, -0.2) is 19.6 Å². The van der Waals surface area contributed by atoms with Crippen LogP contribution in [-0.4, -0.2) is 106 Å². The van der Waals surface area contributed by atoms with Gasteiger partial charge >= 0.3 is 12.2 Å². The van der Waals surface area contributed by atoms with Crippen LogP contribution in [0.2, 0.25) is 0 Å². The number of imidazole rings is 2. The minimum absolute atomic E-state index is 0.0704. The quantitative estimate of drug-likeness (QED) is 0.102. The number of hydrogen-bond donors (Lipinski definition) is 4. The molecule has 0 bridgehead atoms. The Morgan fingerprint density at radius 2 is 1.20 bits per heavy atom. The first-order valence-corrected chi connectivity index (χ1v) is 22.6. The number of amides is 4. The molecule has 2 aromatic heterocycles. The van der Waals surface area contributed by atoms with Crippen LogP contribution in [-0.2, 0) is 29.7 Å². The van der Waals surface area contributed by atoms with Crippen molar-refractivity contribution < 1.29 is 42.2 Å². The molecule has 4 N–H and O–H groups in total. The topological polar surface area (TPSA) is 184 Å². The van der Waals surface area contributed by atoms with Gasteiger partial charge in [0.05, 0.1) is 50.1 Å². The molecule has 3 saturated heterocycles. The number of alkyl carbamates (subject to hydrolysis) is 2. The number of aromatic nitrogens is 4. The Hall–Kier alpha value is -6.62. The molecule has 4 amide bonds. The van der Waals surface area contributed by atoms with Crippen LogP contribution in [0.4, 0.5) is 18.4 Å². The van der Waals surface area contributed by atoms with Gasteiger partial charge in [0.25, 0.3) is 5.92 Å². The predicted molar refractivity (Wildman–Crippen MR) is 240 cm³/mol. The normalized spacial score (nSPS) is 19.9. The van der Waals surface area contributed by atoms with E-state index in [9.17, 15) is 19.2 Å². The molecular formula is C49H54F2N8O7. The number of hydrogen-bond acceptors (Lipinski definition) is 9. The van der Waals surface area contributed by atoms with E-state index in [1.807, 2.05) is 44.2 Å². The number of methoxy groups -OCH3 is 2. The van der Waals surface area contributed by atoms with E-state index >= 15 is 8.78 Å². The Balaban J connectivity index is 0.891. The van der Waals surface area contributed by atoms with Gasteiger partial charge in [0.2, 0.25) is 11.8 Å². The molecule has 0 spiro atoms. The van der Waals surface area contributed by atoms with E-state index in [1.165, 1.54) is 20.3 Å². The standard InChI is InChI=1S/C49H54F2N8O7/c1-27(2)41(56-47(62)64-3)45(60)58-19-5-7-39(58)44-53-26-38(55-44)32-14-16-34-33-15-13-31(23-35(33)49(50,51)36(34)24-32)28-9-11-29(12-10-28)37-25-52-43(54-37)40-8-6-20-59(40)46(61)42(57-48(63)65-4)30-17-21-66-22-18-30/h9-16,23-27,30,39-42H,5-8,17-22H2,1-4H3,(H,52,54)(H,53,55)(H,56,62)(H,57,63)/t39-,40-,41?,42-/m0/s1. The van der Waals surface area contributed by atoms with Crippen LogP contribution in [0.1, 0.15) is 87.2 Å². The molecule has 5 aromatic rings. The number of H-pyrrole nitrogens is 2. The van der Waals surface area contributed by atoms with Crippen molar-refractivity contribution in [3.63, 3.8) is 0 Å². The number of carbonyl (C=O) groups is 4. The van der Waals surface area contributed by atoms with Gasteiger partial charge in [-0.2, -0.15) is 8.78 Å². The van der Waals surface area contributed by atoms with Crippen molar-refractivity contribution in [2.75, 3.05) is 40.5 Å². The van der Waals surface area contributed by atoms with Crippen LogP contribution in [0.3, 0.4) is 0 Å². The maximum Gasteiger partial charge on any atom is 0.407 e. The third-order valence-corrected chi connectivity index (χ3v) is 13.6. The van der Waals surface area contributed by atoms with Crippen molar-refractivity contribution in [3.8, 4) is 44.8 Å². The molecule has 0 radical (unpaired) electrons. The zero-order valence-corrected chi connectivity index (χ0v) is 37.4. The summed E-state index contributed by atoms with van der Waals surface area (Å²) in [6.45, 7) is 5.79. The third kappa shape index (κ3) is 8.40. The lowest BCUT2D eigenvalue weighted by molar-refractivity contribution is -0.137. The largest absolute Gasteiger partial charge is 0.453 e. The summed E-state index contributed by atoms with van der Waals surface area (Å²) in [6.07, 6.45) is 6.25. The van der Waals surface area contributed by atoms with Crippen LogP contribution >= 0.6 is 0 Å².